The Bertz CT molecular complexity index is 1120. The van der Waals surface area contributed by atoms with Gasteiger partial charge in [-0.15, -0.1) is 0 Å². The smallest absolute Gasteiger partial charge is 0.245 e. The Kier molecular flexibility index (Phi) is 8.63. The molecule has 0 aliphatic rings. The third kappa shape index (κ3) is 6.13. The summed E-state index contributed by atoms with van der Waals surface area (Å²) in [7, 11) is 0. The molecule has 2 aromatic carbocycles. The van der Waals surface area contributed by atoms with Crippen LogP contribution < -0.4 is 5.32 Å². The monoisotopic (exact) mass is 460 g/mol. The molecule has 0 radical (unpaired) electrons. The third-order valence-electron chi connectivity index (χ3n) is 5.78. The minimum absolute atomic E-state index is 0.0190. The van der Waals surface area contributed by atoms with Gasteiger partial charge in [0.05, 0.1) is 17.9 Å². The lowest BCUT2D eigenvalue weighted by atomic mass is 10.1. The molecule has 0 aliphatic heterocycles. The topological polar surface area (TPSA) is 67.2 Å². The van der Waals surface area contributed by atoms with Gasteiger partial charge in [-0.05, 0) is 43.4 Å². The van der Waals surface area contributed by atoms with E-state index in [1.807, 2.05) is 82.3 Å². The van der Waals surface area contributed by atoms with Crippen molar-refractivity contribution in [2.24, 2.45) is 5.92 Å². The second kappa shape index (κ2) is 11.6. The number of rotatable bonds is 10. The van der Waals surface area contributed by atoms with Crippen molar-refractivity contribution < 1.29 is 9.59 Å². The first-order chi connectivity index (χ1) is 16.3. The van der Waals surface area contributed by atoms with Gasteiger partial charge in [0.2, 0.25) is 11.8 Å². The molecular weight excluding hydrogens is 424 g/mol. The molecule has 0 saturated carbocycles. The number of aryl methyl sites for hydroxylation is 2. The Labute approximate surface area is 203 Å². The summed E-state index contributed by atoms with van der Waals surface area (Å²) in [5.41, 5.74) is 4.64. The van der Waals surface area contributed by atoms with Crippen LogP contribution in [0, 0.1) is 19.8 Å². The molecule has 2 amide bonds. The zero-order valence-electron chi connectivity index (χ0n) is 21.0. The lowest BCUT2D eigenvalue weighted by Gasteiger charge is -2.23. The van der Waals surface area contributed by atoms with Gasteiger partial charge in [0.25, 0.3) is 0 Å². The number of unbranched alkanes of at least 4 members (excludes halogenated alkanes) is 1. The normalized spacial score (nSPS) is 11.0. The summed E-state index contributed by atoms with van der Waals surface area (Å²) in [4.78, 5) is 27.8. The van der Waals surface area contributed by atoms with Crippen molar-refractivity contribution in [2.75, 3.05) is 18.4 Å². The van der Waals surface area contributed by atoms with E-state index >= 15 is 0 Å². The summed E-state index contributed by atoms with van der Waals surface area (Å²) < 4.78 is 1.80. The fraction of sp³-hybridized carbons (Fsp3) is 0.393. The molecule has 0 bridgehead atoms. The van der Waals surface area contributed by atoms with Gasteiger partial charge in [-0.2, -0.15) is 5.10 Å². The van der Waals surface area contributed by atoms with E-state index in [2.05, 4.69) is 12.2 Å². The van der Waals surface area contributed by atoms with Crippen molar-refractivity contribution in [3.63, 3.8) is 0 Å². The largest absolute Gasteiger partial charge is 0.333 e. The van der Waals surface area contributed by atoms with Crippen molar-refractivity contribution in [2.45, 2.75) is 53.9 Å². The molecular formula is C28H36N4O2. The van der Waals surface area contributed by atoms with Gasteiger partial charge in [0.1, 0.15) is 5.82 Å². The number of para-hydroxylation sites is 1. The molecule has 1 aromatic heterocycles. The van der Waals surface area contributed by atoms with Crippen LogP contribution >= 0.6 is 0 Å². The van der Waals surface area contributed by atoms with E-state index in [1.54, 1.807) is 9.58 Å². The van der Waals surface area contributed by atoms with Crippen LogP contribution in [0.15, 0.2) is 54.6 Å². The third-order valence-corrected chi connectivity index (χ3v) is 5.78. The first-order valence-corrected chi connectivity index (χ1v) is 12.1. The fourth-order valence-corrected chi connectivity index (χ4v) is 4.03. The highest BCUT2D eigenvalue weighted by Crippen LogP contribution is 2.34. The predicted molar refractivity (Wildman–Crippen MR) is 138 cm³/mol. The SMILES string of the molecule is CCCCN(CC(=O)Nc1c(-c2ccccc2)c(C)nn1-c1ccccc1C)C(=O)CC(C)C. The van der Waals surface area contributed by atoms with Gasteiger partial charge >= 0.3 is 0 Å². The second-order valence-corrected chi connectivity index (χ2v) is 9.19. The molecule has 0 fully saturated rings. The number of amides is 2. The number of hydrogen-bond acceptors (Lipinski definition) is 3. The van der Waals surface area contributed by atoms with Gasteiger partial charge in [0, 0.05) is 18.5 Å². The maximum atomic E-state index is 13.3. The summed E-state index contributed by atoms with van der Waals surface area (Å²) in [6.07, 6.45) is 2.27. The molecule has 0 saturated heterocycles. The lowest BCUT2D eigenvalue weighted by molar-refractivity contribution is -0.135. The number of anilines is 1. The molecule has 0 atom stereocenters. The number of aromatic nitrogens is 2. The van der Waals surface area contributed by atoms with Gasteiger partial charge in [0.15, 0.2) is 0 Å². The Balaban J connectivity index is 1.98. The maximum absolute atomic E-state index is 13.3. The van der Waals surface area contributed by atoms with Crippen LogP contribution in [-0.2, 0) is 9.59 Å². The number of carbonyl (C=O) groups excluding carboxylic acids is 2. The quantitative estimate of drug-likeness (QED) is 0.418. The molecule has 1 heterocycles. The van der Waals surface area contributed by atoms with E-state index in [0.29, 0.717) is 18.8 Å². The molecule has 0 unspecified atom stereocenters. The van der Waals surface area contributed by atoms with Gasteiger partial charge < -0.3 is 10.2 Å². The van der Waals surface area contributed by atoms with Crippen LogP contribution in [0.25, 0.3) is 16.8 Å². The van der Waals surface area contributed by atoms with Crippen LogP contribution in [0.3, 0.4) is 0 Å². The summed E-state index contributed by atoms with van der Waals surface area (Å²) in [6, 6.07) is 17.9. The highest BCUT2D eigenvalue weighted by molar-refractivity contribution is 5.98. The minimum Gasteiger partial charge on any atom is -0.333 e. The van der Waals surface area contributed by atoms with Crippen molar-refractivity contribution >= 4 is 17.6 Å². The maximum Gasteiger partial charge on any atom is 0.245 e. The fourth-order valence-electron chi connectivity index (χ4n) is 4.03. The zero-order chi connectivity index (χ0) is 24.7. The summed E-state index contributed by atoms with van der Waals surface area (Å²) in [5.74, 6) is 0.662. The number of carbonyl (C=O) groups is 2. The van der Waals surface area contributed by atoms with Crippen LogP contribution in [-0.4, -0.2) is 39.6 Å². The predicted octanol–water partition coefficient (Wildman–Crippen LogP) is 5.77. The number of nitrogens with one attached hydrogen (secondary N) is 1. The van der Waals surface area contributed by atoms with E-state index in [0.717, 1.165) is 40.9 Å². The Morgan fingerprint density at radius 2 is 1.71 bits per heavy atom. The zero-order valence-corrected chi connectivity index (χ0v) is 21.0. The summed E-state index contributed by atoms with van der Waals surface area (Å²) in [5, 5.41) is 7.90. The Morgan fingerprint density at radius 1 is 1.03 bits per heavy atom. The van der Waals surface area contributed by atoms with E-state index < -0.39 is 0 Å². The van der Waals surface area contributed by atoms with E-state index in [1.165, 1.54) is 0 Å². The standard InChI is InChI=1S/C28H36N4O2/c1-6-7-17-31(26(34)18-20(2)3)19-25(33)29-28-27(23-14-9-8-10-15-23)22(5)30-32(28)24-16-12-11-13-21(24)4/h8-16,20H,6-7,17-19H2,1-5H3,(H,29,33). The van der Waals surface area contributed by atoms with E-state index in [-0.39, 0.29) is 24.3 Å². The minimum atomic E-state index is -0.222. The van der Waals surface area contributed by atoms with Crippen molar-refractivity contribution in [1.29, 1.82) is 0 Å². The molecule has 1 N–H and O–H groups in total. The van der Waals surface area contributed by atoms with Crippen LogP contribution in [0.1, 0.15) is 51.3 Å². The molecule has 0 aliphatic carbocycles. The first-order valence-electron chi connectivity index (χ1n) is 12.1. The Morgan fingerprint density at radius 3 is 2.35 bits per heavy atom. The van der Waals surface area contributed by atoms with Gasteiger partial charge in [-0.1, -0.05) is 75.7 Å². The second-order valence-electron chi connectivity index (χ2n) is 9.19. The highest BCUT2D eigenvalue weighted by atomic mass is 16.2. The van der Waals surface area contributed by atoms with E-state index in [4.69, 9.17) is 5.10 Å². The number of benzene rings is 2. The Hall–Kier alpha value is -3.41. The highest BCUT2D eigenvalue weighted by Gasteiger charge is 2.23. The molecule has 180 valence electrons. The van der Waals surface area contributed by atoms with Crippen LogP contribution in [0.4, 0.5) is 5.82 Å². The molecule has 6 heteroatoms. The number of nitrogens with zero attached hydrogens (tertiary/aromatic N) is 3. The molecule has 6 nitrogen and oxygen atoms in total. The average Bonchev–Trinajstić information content (AvgIpc) is 3.12. The van der Waals surface area contributed by atoms with Crippen molar-refractivity contribution in [3.05, 3.63) is 65.9 Å². The van der Waals surface area contributed by atoms with Gasteiger partial charge in [-0.3, -0.25) is 9.59 Å². The first kappa shape index (κ1) is 25.2. The molecule has 3 aromatic rings. The molecule has 0 spiro atoms. The summed E-state index contributed by atoms with van der Waals surface area (Å²) >= 11 is 0. The van der Waals surface area contributed by atoms with E-state index in [9.17, 15) is 9.59 Å². The lowest BCUT2D eigenvalue weighted by Crippen LogP contribution is -2.39. The molecule has 3 rings (SSSR count). The van der Waals surface area contributed by atoms with Gasteiger partial charge in [-0.25, -0.2) is 4.68 Å². The molecule has 34 heavy (non-hydrogen) atoms. The number of hydrogen-bond donors (Lipinski definition) is 1. The van der Waals surface area contributed by atoms with Crippen LogP contribution in [0.2, 0.25) is 0 Å². The van der Waals surface area contributed by atoms with Crippen LogP contribution in [0.5, 0.6) is 0 Å². The average molecular weight is 461 g/mol. The van der Waals surface area contributed by atoms with Crippen molar-refractivity contribution in [1.82, 2.24) is 14.7 Å². The van der Waals surface area contributed by atoms with Crippen molar-refractivity contribution in [3.8, 4) is 16.8 Å². The summed E-state index contributed by atoms with van der Waals surface area (Å²) in [6.45, 7) is 10.7.